The molecule has 0 saturated carbocycles. The van der Waals surface area contributed by atoms with Gasteiger partial charge >= 0.3 is 5.69 Å². The summed E-state index contributed by atoms with van der Waals surface area (Å²) in [7, 11) is 1.45. The topological polar surface area (TPSA) is 132 Å². The summed E-state index contributed by atoms with van der Waals surface area (Å²) in [5.74, 6) is -0.655. The van der Waals surface area contributed by atoms with Crippen molar-refractivity contribution in [1.82, 2.24) is 14.1 Å². The summed E-state index contributed by atoms with van der Waals surface area (Å²) in [4.78, 5) is 52.7. The van der Waals surface area contributed by atoms with E-state index in [1.54, 1.807) is 6.07 Å². The van der Waals surface area contributed by atoms with Gasteiger partial charge in [0.1, 0.15) is 12.4 Å². The number of H-pyrrole nitrogens is 1. The monoisotopic (exact) mass is 455 g/mol. The quantitative estimate of drug-likeness (QED) is 0.581. The number of pyridine rings is 1. The van der Waals surface area contributed by atoms with Gasteiger partial charge in [0, 0.05) is 36.9 Å². The van der Waals surface area contributed by atoms with E-state index < -0.39 is 17.2 Å². The van der Waals surface area contributed by atoms with Gasteiger partial charge in [-0.15, -0.1) is 0 Å². The highest BCUT2D eigenvalue weighted by atomic mass is 79.9. The van der Waals surface area contributed by atoms with Crippen LogP contribution in [0, 0.1) is 0 Å². The van der Waals surface area contributed by atoms with Gasteiger partial charge in [-0.1, -0.05) is 6.92 Å². The minimum atomic E-state index is -0.777. The average molecular weight is 456 g/mol. The molecule has 0 unspecified atom stereocenters. The lowest BCUT2D eigenvalue weighted by Crippen LogP contribution is -2.44. The number of aromatic nitrogens is 3. The maximum Gasteiger partial charge on any atom is 0.330 e. The lowest BCUT2D eigenvalue weighted by atomic mass is 10.3. The fraction of sp³-hybridized carbons (Fsp3) is 0.412. The van der Waals surface area contributed by atoms with Crippen LogP contribution in [0.25, 0.3) is 0 Å². The molecule has 2 aromatic rings. The molecule has 0 aliphatic carbocycles. The zero-order valence-corrected chi connectivity index (χ0v) is 17.2. The third kappa shape index (κ3) is 4.78. The normalized spacial score (nSPS) is 10.8. The molecule has 0 fully saturated rings. The fourth-order valence-corrected chi connectivity index (χ4v) is 3.06. The first-order chi connectivity index (χ1) is 13.3. The first-order valence-corrected chi connectivity index (χ1v) is 9.37. The molecular weight excluding hydrogens is 434 g/mol. The van der Waals surface area contributed by atoms with E-state index in [1.165, 1.54) is 28.5 Å². The number of nitrogens with zero attached hydrogens (tertiary/aromatic N) is 3. The van der Waals surface area contributed by atoms with Crippen molar-refractivity contribution in [3.63, 3.8) is 0 Å². The summed E-state index contributed by atoms with van der Waals surface area (Å²) in [6.45, 7) is 1.98. The average Bonchev–Trinajstić information content (AvgIpc) is 2.64. The maximum absolute atomic E-state index is 12.9. The third-order valence-corrected chi connectivity index (χ3v) is 4.47. The summed E-state index contributed by atoms with van der Waals surface area (Å²) in [5, 5.41) is 0. The molecule has 11 heteroatoms. The third-order valence-electron chi connectivity index (χ3n) is 4.00. The Labute approximate surface area is 168 Å². The van der Waals surface area contributed by atoms with Crippen molar-refractivity contribution in [3.05, 3.63) is 54.0 Å². The number of methoxy groups -OCH3 is 1. The van der Waals surface area contributed by atoms with Crippen molar-refractivity contribution < 1.29 is 9.53 Å². The summed E-state index contributed by atoms with van der Waals surface area (Å²) in [5.41, 5.74) is 4.13. The standard InChI is InChI=1S/C17H22BrN5O5/c1-3-6-23-15(19)14(16(26)20-17(23)27)22(7-8-28-2)13(25)10-21-9-11(18)4-5-12(21)24/h4-5,9H,3,6-8,10,19H2,1-2H3,(H,20,26,27). The Balaban J connectivity index is 2.52. The second kappa shape index (κ2) is 9.51. The number of hydrogen-bond donors (Lipinski definition) is 2. The highest BCUT2D eigenvalue weighted by molar-refractivity contribution is 9.10. The number of rotatable bonds is 8. The Morgan fingerprint density at radius 3 is 2.68 bits per heavy atom. The Morgan fingerprint density at radius 2 is 2.04 bits per heavy atom. The van der Waals surface area contributed by atoms with Gasteiger partial charge in [-0.25, -0.2) is 4.79 Å². The fourth-order valence-electron chi connectivity index (χ4n) is 2.68. The molecule has 0 aliphatic rings. The van der Waals surface area contributed by atoms with E-state index in [4.69, 9.17) is 10.5 Å². The Bertz CT molecular complexity index is 1030. The molecule has 2 aromatic heterocycles. The zero-order chi connectivity index (χ0) is 20.8. The SMILES string of the molecule is CCCn1c(N)c(N(CCOC)C(=O)Cn2cc(Br)ccc2=O)c(=O)[nH]c1=O. The van der Waals surface area contributed by atoms with E-state index in [9.17, 15) is 19.2 Å². The summed E-state index contributed by atoms with van der Waals surface area (Å²) < 4.78 is 8.06. The van der Waals surface area contributed by atoms with Crippen molar-refractivity contribution in [3.8, 4) is 0 Å². The van der Waals surface area contributed by atoms with Gasteiger partial charge in [-0.2, -0.15) is 0 Å². The second-order valence-electron chi connectivity index (χ2n) is 6.00. The van der Waals surface area contributed by atoms with E-state index >= 15 is 0 Å². The molecule has 2 heterocycles. The van der Waals surface area contributed by atoms with Crippen LogP contribution in [0.15, 0.2) is 37.2 Å². The van der Waals surface area contributed by atoms with E-state index in [2.05, 4.69) is 20.9 Å². The van der Waals surface area contributed by atoms with Crippen molar-refractivity contribution in [2.75, 3.05) is 30.9 Å². The van der Waals surface area contributed by atoms with Gasteiger partial charge in [-0.05, 0) is 28.4 Å². The van der Waals surface area contributed by atoms with Gasteiger partial charge in [0.2, 0.25) is 5.91 Å². The minimum Gasteiger partial charge on any atom is -0.383 e. The van der Waals surface area contributed by atoms with E-state index in [0.29, 0.717) is 10.9 Å². The highest BCUT2D eigenvalue weighted by Gasteiger charge is 2.24. The summed E-state index contributed by atoms with van der Waals surface area (Å²) in [6, 6.07) is 2.88. The number of ether oxygens (including phenoxy) is 1. The molecule has 0 saturated heterocycles. The minimum absolute atomic E-state index is 0.0235. The van der Waals surface area contributed by atoms with Gasteiger partial charge in [0.15, 0.2) is 5.69 Å². The van der Waals surface area contributed by atoms with E-state index in [-0.39, 0.29) is 43.3 Å². The van der Waals surface area contributed by atoms with Crippen LogP contribution < -0.4 is 27.4 Å². The van der Waals surface area contributed by atoms with Crippen molar-refractivity contribution in [2.45, 2.75) is 26.4 Å². The smallest absolute Gasteiger partial charge is 0.330 e. The van der Waals surface area contributed by atoms with Crippen LogP contribution in [-0.4, -0.2) is 40.3 Å². The Kier molecular flexibility index (Phi) is 7.35. The molecule has 0 radical (unpaired) electrons. The number of carbonyl (C=O) groups is 1. The predicted molar refractivity (Wildman–Crippen MR) is 109 cm³/mol. The molecule has 152 valence electrons. The van der Waals surface area contributed by atoms with Gasteiger partial charge in [0.25, 0.3) is 11.1 Å². The zero-order valence-electron chi connectivity index (χ0n) is 15.6. The van der Waals surface area contributed by atoms with E-state index in [0.717, 1.165) is 4.90 Å². The Morgan fingerprint density at radius 1 is 1.32 bits per heavy atom. The maximum atomic E-state index is 12.9. The predicted octanol–water partition coefficient (Wildman–Crippen LogP) is 0.133. The van der Waals surface area contributed by atoms with Crippen LogP contribution in [-0.2, 0) is 22.6 Å². The first-order valence-electron chi connectivity index (χ1n) is 8.58. The van der Waals surface area contributed by atoms with E-state index in [1.807, 2.05) is 6.92 Å². The summed E-state index contributed by atoms with van der Waals surface area (Å²) in [6.07, 6.45) is 2.08. The van der Waals surface area contributed by atoms with Crippen LogP contribution >= 0.6 is 15.9 Å². The number of carbonyl (C=O) groups excluding carboxylic acids is 1. The number of nitrogen functional groups attached to an aromatic ring is 1. The lowest BCUT2D eigenvalue weighted by Gasteiger charge is -2.24. The molecule has 1 amide bonds. The van der Waals surface area contributed by atoms with Crippen LogP contribution in [0.2, 0.25) is 0 Å². The van der Waals surface area contributed by atoms with Gasteiger partial charge in [-0.3, -0.25) is 23.9 Å². The number of nitrogens with one attached hydrogen (secondary N) is 1. The summed E-state index contributed by atoms with van der Waals surface area (Å²) >= 11 is 3.25. The number of nitrogens with two attached hydrogens (primary N) is 1. The molecule has 0 atom stereocenters. The molecule has 28 heavy (non-hydrogen) atoms. The van der Waals surface area contributed by atoms with Gasteiger partial charge in [0.05, 0.1) is 6.61 Å². The number of anilines is 2. The first kappa shape index (κ1) is 21.6. The van der Waals surface area contributed by atoms with Crippen LogP contribution in [0.4, 0.5) is 11.5 Å². The molecular formula is C17H22BrN5O5. The molecule has 0 aromatic carbocycles. The molecule has 0 aliphatic heterocycles. The lowest BCUT2D eigenvalue weighted by molar-refractivity contribution is -0.119. The number of aromatic amines is 1. The number of hydrogen-bond acceptors (Lipinski definition) is 6. The molecule has 3 N–H and O–H groups in total. The van der Waals surface area contributed by atoms with Crippen LogP contribution in [0.1, 0.15) is 13.3 Å². The van der Waals surface area contributed by atoms with Crippen LogP contribution in [0.3, 0.4) is 0 Å². The number of amides is 1. The molecule has 2 rings (SSSR count). The number of halogens is 1. The van der Waals surface area contributed by atoms with Crippen molar-refractivity contribution in [1.29, 1.82) is 0 Å². The highest BCUT2D eigenvalue weighted by Crippen LogP contribution is 2.17. The Hall–Kier alpha value is -2.66. The van der Waals surface area contributed by atoms with Crippen molar-refractivity contribution >= 4 is 33.3 Å². The largest absolute Gasteiger partial charge is 0.383 e. The van der Waals surface area contributed by atoms with Crippen LogP contribution in [0.5, 0.6) is 0 Å². The second-order valence-corrected chi connectivity index (χ2v) is 6.91. The molecule has 10 nitrogen and oxygen atoms in total. The van der Waals surface area contributed by atoms with Crippen molar-refractivity contribution in [2.24, 2.45) is 0 Å². The molecule has 0 bridgehead atoms. The van der Waals surface area contributed by atoms with Gasteiger partial charge < -0.3 is 19.9 Å². The molecule has 0 spiro atoms.